The highest BCUT2D eigenvalue weighted by atomic mass is 79.9. The quantitative estimate of drug-likeness (QED) is 0.664. The number of furan rings is 2. The van der Waals surface area contributed by atoms with Gasteiger partial charge in [0, 0.05) is 11.8 Å². The van der Waals surface area contributed by atoms with Crippen LogP contribution in [0.5, 0.6) is 0 Å². The molecule has 0 fully saturated rings. The van der Waals surface area contributed by atoms with Gasteiger partial charge >= 0.3 is 0 Å². The molecule has 0 aliphatic heterocycles. The SMILES string of the molecule is CCc1oc2ccccc2c1C(=O)c1ccoc1Br. The lowest BCUT2D eigenvalue weighted by Crippen LogP contribution is -2.02. The van der Waals surface area contributed by atoms with Gasteiger partial charge in [-0.15, -0.1) is 0 Å². The second kappa shape index (κ2) is 4.70. The molecule has 3 rings (SSSR count). The summed E-state index contributed by atoms with van der Waals surface area (Å²) in [4.78, 5) is 12.6. The third-order valence-corrected chi connectivity index (χ3v) is 3.69. The normalized spacial score (nSPS) is 11.1. The molecule has 0 saturated heterocycles. The highest BCUT2D eigenvalue weighted by molar-refractivity contribution is 9.10. The lowest BCUT2D eigenvalue weighted by Gasteiger charge is -1.99. The summed E-state index contributed by atoms with van der Waals surface area (Å²) in [5.74, 6) is 0.627. The average molecular weight is 319 g/mol. The number of hydrogen-bond donors (Lipinski definition) is 0. The van der Waals surface area contributed by atoms with Crippen LogP contribution in [0.25, 0.3) is 11.0 Å². The van der Waals surface area contributed by atoms with Gasteiger partial charge in [-0.2, -0.15) is 0 Å². The highest BCUT2D eigenvalue weighted by Crippen LogP contribution is 2.30. The number of ketones is 1. The van der Waals surface area contributed by atoms with Gasteiger partial charge in [0.25, 0.3) is 0 Å². The van der Waals surface area contributed by atoms with E-state index in [1.165, 1.54) is 6.26 Å². The Kier molecular flexibility index (Phi) is 3.03. The van der Waals surface area contributed by atoms with Crippen molar-refractivity contribution in [3.8, 4) is 0 Å². The molecule has 0 N–H and O–H groups in total. The third-order valence-electron chi connectivity index (χ3n) is 3.08. The molecule has 0 aliphatic rings. The van der Waals surface area contributed by atoms with Gasteiger partial charge in [-0.3, -0.25) is 4.79 Å². The summed E-state index contributed by atoms with van der Waals surface area (Å²) in [5.41, 5.74) is 1.88. The molecule has 0 spiro atoms. The van der Waals surface area contributed by atoms with E-state index in [2.05, 4.69) is 15.9 Å². The number of halogens is 1. The fourth-order valence-corrected chi connectivity index (χ4v) is 2.60. The zero-order valence-corrected chi connectivity index (χ0v) is 11.9. The zero-order valence-electron chi connectivity index (χ0n) is 10.3. The molecule has 4 heteroatoms. The van der Waals surface area contributed by atoms with Crippen LogP contribution in [0.1, 0.15) is 28.6 Å². The van der Waals surface area contributed by atoms with Crippen molar-refractivity contribution in [2.24, 2.45) is 0 Å². The maximum Gasteiger partial charge on any atom is 0.201 e. The van der Waals surface area contributed by atoms with Gasteiger partial charge in [0.2, 0.25) is 5.78 Å². The Morgan fingerprint density at radius 1 is 1.26 bits per heavy atom. The molecule has 0 amide bonds. The zero-order chi connectivity index (χ0) is 13.4. The van der Waals surface area contributed by atoms with Gasteiger partial charge in [-0.25, -0.2) is 0 Å². The molecule has 19 heavy (non-hydrogen) atoms. The van der Waals surface area contributed by atoms with E-state index >= 15 is 0 Å². The Labute approximate surface area is 118 Å². The van der Waals surface area contributed by atoms with Crippen LogP contribution in [-0.4, -0.2) is 5.78 Å². The van der Waals surface area contributed by atoms with Crippen LogP contribution >= 0.6 is 15.9 Å². The van der Waals surface area contributed by atoms with Crippen molar-refractivity contribution in [3.05, 3.63) is 58.2 Å². The Bertz CT molecular complexity index is 752. The van der Waals surface area contributed by atoms with E-state index in [4.69, 9.17) is 8.83 Å². The Morgan fingerprint density at radius 2 is 2.05 bits per heavy atom. The first-order valence-electron chi connectivity index (χ1n) is 6.00. The fourth-order valence-electron chi connectivity index (χ4n) is 2.18. The number of rotatable bonds is 3. The van der Waals surface area contributed by atoms with E-state index in [1.807, 2.05) is 31.2 Å². The summed E-state index contributed by atoms with van der Waals surface area (Å²) in [6, 6.07) is 9.23. The minimum absolute atomic E-state index is 0.0811. The molecular formula is C15H11BrO3. The summed E-state index contributed by atoms with van der Waals surface area (Å²) < 4.78 is 11.3. The number of hydrogen-bond acceptors (Lipinski definition) is 3. The van der Waals surface area contributed by atoms with E-state index in [1.54, 1.807) is 6.07 Å². The molecule has 1 aromatic carbocycles. The number of carbonyl (C=O) groups is 1. The topological polar surface area (TPSA) is 43.4 Å². The minimum atomic E-state index is -0.0811. The van der Waals surface area contributed by atoms with Gasteiger partial charge < -0.3 is 8.83 Å². The van der Waals surface area contributed by atoms with E-state index in [9.17, 15) is 4.79 Å². The van der Waals surface area contributed by atoms with Gasteiger partial charge in [0.15, 0.2) is 4.67 Å². The van der Waals surface area contributed by atoms with Crippen LogP contribution in [0.3, 0.4) is 0 Å². The molecule has 3 aromatic rings. The standard InChI is InChI=1S/C15H11BrO3/c1-2-11-13(9-5-3-4-6-12(9)19-11)14(17)10-7-8-18-15(10)16/h3-8H,2H2,1H3. The average Bonchev–Trinajstić information content (AvgIpc) is 3.01. The molecule has 0 saturated carbocycles. The molecule has 2 heterocycles. The monoisotopic (exact) mass is 318 g/mol. The lowest BCUT2D eigenvalue weighted by atomic mass is 10.0. The highest BCUT2D eigenvalue weighted by Gasteiger charge is 2.23. The predicted molar refractivity (Wildman–Crippen MR) is 75.4 cm³/mol. The van der Waals surface area contributed by atoms with Crippen molar-refractivity contribution < 1.29 is 13.6 Å². The largest absolute Gasteiger partial charge is 0.460 e. The second-order valence-electron chi connectivity index (χ2n) is 4.19. The van der Waals surface area contributed by atoms with Gasteiger partial charge in [0.1, 0.15) is 11.3 Å². The van der Waals surface area contributed by atoms with Crippen LogP contribution in [0.15, 0.2) is 50.1 Å². The van der Waals surface area contributed by atoms with Crippen molar-refractivity contribution in [1.29, 1.82) is 0 Å². The van der Waals surface area contributed by atoms with E-state index in [0.717, 1.165) is 11.0 Å². The lowest BCUT2D eigenvalue weighted by molar-refractivity contribution is 0.103. The number of fused-ring (bicyclic) bond motifs is 1. The Balaban J connectivity index is 2.24. The first-order valence-corrected chi connectivity index (χ1v) is 6.79. The Morgan fingerprint density at radius 3 is 2.74 bits per heavy atom. The molecule has 96 valence electrons. The van der Waals surface area contributed by atoms with E-state index in [0.29, 0.717) is 28.0 Å². The number of benzene rings is 1. The Hall–Kier alpha value is -1.81. The van der Waals surface area contributed by atoms with Crippen molar-refractivity contribution in [2.75, 3.05) is 0 Å². The molecule has 0 aliphatic carbocycles. The summed E-state index contributed by atoms with van der Waals surface area (Å²) in [5, 5.41) is 0.845. The van der Waals surface area contributed by atoms with Crippen LogP contribution < -0.4 is 0 Å². The maximum atomic E-state index is 12.6. The predicted octanol–water partition coefficient (Wildman–Crippen LogP) is 4.58. The summed E-state index contributed by atoms with van der Waals surface area (Å²) in [6.45, 7) is 1.97. The van der Waals surface area contributed by atoms with Crippen molar-refractivity contribution in [1.82, 2.24) is 0 Å². The number of aryl methyl sites for hydroxylation is 1. The molecule has 3 nitrogen and oxygen atoms in total. The fraction of sp³-hybridized carbons (Fsp3) is 0.133. The molecule has 0 radical (unpaired) electrons. The van der Waals surface area contributed by atoms with E-state index in [-0.39, 0.29) is 5.78 Å². The maximum absolute atomic E-state index is 12.6. The number of para-hydroxylation sites is 1. The van der Waals surface area contributed by atoms with Crippen molar-refractivity contribution >= 4 is 32.7 Å². The number of carbonyl (C=O) groups excluding carboxylic acids is 1. The van der Waals surface area contributed by atoms with Gasteiger partial charge in [-0.05, 0) is 28.1 Å². The van der Waals surface area contributed by atoms with Gasteiger partial charge in [0.05, 0.1) is 17.4 Å². The summed E-state index contributed by atoms with van der Waals surface area (Å²) in [7, 11) is 0. The smallest absolute Gasteiger partial charge is 0.201 e. The summed E-state index contributed by atoms with van der Waals surface area (Å²) >= 11 is 3.24. The molecule has 0 bridgehead atoms. The van der Waals surface area contributed by atoms with Crippen LogP contribution in [0.4, 0.5) is 0 Å². The van der Waals surface area contributed by atoms with Crippen LogP contribution in [0, 0.1) is 0 Å². The van der Waals surface area contributed by atoms with Crippen molar-refractivity contribution in [2.45, 2.75) is 13.3 Å². The van der Waals surface area contributed by atoms with E-state index < -0.39 is 0 Å². The van der Waals surface area contributed by atoms with Crippen LogP contribution in [-0.2, 0) is 6.42 Å². The first-order chi connectivity index (χ1) is 9.22. The molecule has 0 atom stereocenters. The third kappa shape index (κ3) is 1.92. The first kappa shape index (κ1) is 12.2. The molecular weight excluding hydrogens is 308 g/mol. The van der Waals surface area contributed by atoms with Crippen LogP contribution in [0.2, 0.25) is 0 Å². The summed E-state index contributed by atoms with van der Waals surface area (Å²) in [6.07, 6.45) is 2.16. The second-order valence-corrected chi connectivity index (χ2v) is 4.91. The minimum Gasteiger partial charge on any atom is -0.460 e. The molecule has 2 aromatic heterocycles. The molecule has 0 unspecified atom stereocenters. The van der Waals surface area contributed by atoms with Gasteiger partial charge in [-0.1, -0.05) is 25.1 Å². The van der Waals surface area contributed by atoms with Crippen molar-refractivity contribution in [3.63, 3.8) is 0 Å².